The molecule has 0 aliphatic carbocycles. The third kappa shape index (κ3) is 6.77. The van der Waals surface area contributed by atoms with Crippen LogP contribution in [0.5, 0.6) is 17.2 Å². The third-order valence-corrected chi connectivity index (χ3v) is 4.64. The van der Waals surface area contributed by atoms with E-state index in [9.17, 15) is 9.59 Å². The summed E-state index contributed by atoms with van der Waals surface area (Å²) >= 11 is 0. The summed E-state index contributed by atoms with van der Waals surface area (Å²) in [6, 6.07) is 22.0. The molecule has 32 heavy (non-hydrogen) atoms. The van der Waals surface area contributed by atoms with Crippen LogP contribution in [0.1, 0.15) is 22.3 Å². The van der Waals surface area contributed by atoms with E-state index in [1.165, 1.54) is 14.2 Å². The largest absolute Gasteiger partial charge is 0.497 e. The molecule has 166 valence electrons. The fourth-order valence-electron chi connectivity index (χ4n) is 2.93. The second-order valence-corrected chi connectivity index (χ2v) is 6.95. The maximum atomic E-state index is 12.4. The second kappa shape index (κ2) is 11.4. The van der Waals surface area contributed by atoms with Gasteiger partial charge in [-0.25, -0.2) is 0 Å². The van der Waals surface area contributed by atoms with Gasteiger partial charge in [0.15, 0.2) is 0 Å². The summed E-state index contributed by atoms with van der Waals surface area (Å²) in [5.74, 6) is 1.24. The van der Waals surface area contributed by atoms with Crippen molar-refractivity contribution in [2.75, 3.05) is 26.1 Å². The highest BCUT2D eigenvalue weighted by atomic mass is 16.5. The maximum Gasteiger partial charge on any atom is 0.251 e. The molecule has 0 heterocycles. The Hall–Kier alpha value is -4.00. The molecule has 0 unspecified atom stereocenters. The van der Waals surface area contributed by atoms with Gasteiger partial charge in [0.2, 0.25) is 5.91 Å². The Balaban J connectivity index is 1.43. The molecule has 2 amide bonds. The number of nitrogens with one attached hydrogen (secondary N) is 2. The van der Waals surface area contributed by atoms with E-state index in [1.807, 2.05) is 30.3 Å². The number of rotatable bonds is 10. The topological polar surface area (TPSA) is 85.9 Å². The monoisotopic (exact) mass is 434 g/mol. The van der Waals surface area contributed by atoms with Crippen molar-refractivity contribution in [1.82, 2.24) is 5.32 Å². The number of anilines is 1. The summed E-state index contributed by atoms with van der Waals surface area (Å²) in [6.45, 7) is 0.674. The number of hydrogen-bond donors (Lipinski definition) is 2. The fourth-order valence-corrected chi connectivity index (χ4v) is 2.93. The molecule has 0 radical (unpaired) electrons. The van der Waals surface area contributed by atoms with Crippen molar-refractivity contribution < 1.29 is 23.8 Å². The molecule has 7 heteroatoms. The Bertz CT molecular complexity index is 1010. The van der Waals surface area contributed by atoms with Gasteiger partial charge in [-0.3, -0.25) is 9.59 Å². The quantitative estimate of drug-likeness (QED) is 0.503. The standard InChI is InChI=1S/C25H26N2O5/c1-30-22-14-19(15-23(16-22)31-2)25(29)26-13-12-24(28)27-20-8-10-21(11-9-20)32-17-18-6-4-3-5-7-18/h3-11,14-16H,12-13,17H2,1-2H3,(H,26,29)(H,27,28). The summed E-state index contributed by atoms with van der Waals surface area (Å²) in [5.41, 5.74) is 2.14. The second-order valence-electron chi connectivity index (χ2n) is 6.95. The van der Waals surface area contributed by atoms with Crippen LogP contribution in [-0.2, 0) is 11.4 Å². The molecule has 0 aliphatic heterocycles. The van der Waals surface area contributed by atoms with Gasteiger partial charge in [0.1, 0.15) is 23.9 Å². The van der Waals surface area contributed by atoms with Gasteiger partial charge in [0.25, 0.3) is 5.91 Å². The lowest BCUT2D eigenvalue weighted by molar-refractivity contribution is -0.116. The van der Waals surface area contributed by atoms with Gasteiger partial charge in [-0.2, -0.15) is 0 Å². The van der Waals surface area contributed by atoms with Crippen molar-refractivity contribution in [2.24, 2.45) is 0 Å². The van der Waals surface area contributed by atoms with Gasteiger partial charge < -0.3 is 24.8 Å². The molecule has 0 spiro atoms. The van der Waals surface area contributed by atoms with Crippen molar-refractivity contribution in [3.05, 3.63) is 83.9 Å². The number of benzene rings is 3. The smallest absolute Gasteiger partial charge is 0.251 e. The van der Waals surface area contributed by atoms with Gasteiger partial charge in [-0.05, 0) is 42.0 Å². The van der Waals surface area contributed by atoms with Gasteiger partial charge >= 0.3 is 0 Å². The molecule has 3 aromatic carbocycles. The van der Waals surface area contributed by atoms with E-state index in [0.717, 1.165) is 5.56 Å². The van der Waals surface area contributed by atoms with Crippen LogP contribution < -0.4 is 24.8 Å². The molecule has 7 nitrogen and oxygen atoms in total. The molecule has 0 fully saturated rings. The van der Waals surface area contributed by atoms with E-state index in [1.54, 1.807) is 42.5 Å². The molecule has 0 aromatic heterocycles. The van der Waals surface area contributed by atoms with E-state index < -0.39 is 0 Å². The zero-order chi connectivity index (χ0) is 22.8. The molecular formula is C25H26N2O5. The average Bonchev–Trinajstić information content (AvgIpc) is 2.83. The first kappa shape index (κ1) is 22.7. The number of methoxy groups -OCH3 is 2. The van der Waals surface area contributed by atoms with Gasteiger partial charge in [0, 0.05) is 30.3 Å². The summed E-state index contributed by atoms with van der Waals surface area (Å²) in [5, 5.41) is 5.54. The maximum absolute atomic E-state index is 12.4. The number of carbonyl (C=O) groups excluding carboxylic acids is 2. The highest BCUT2D eigenvalue weighted by molar-refractivity contribution is 5.96. The Morgan fingerprint density at radius 2 is 1.47 bits per heavy atom. The lowest BCUT2D eigenvalue weighted by Crippen LogP contribution is -2.27. The highest BCUT2D eigenvalue weighted by Crippen LogP contribution is 2.22. The summed E-state index contributed by atoms with van der Waals surface area (Å²) in [4.78, 5) is 24.5. The van der Waals surface area contributed by atoms with E-state index >= 15 is 0 Å². The molecule has 3 aromatic rings. The minimum absolute atomic E-state index is 0.138. The van der Waals surface area contributed by atoms with Crippen LogP contribution in [0.25, 0.3) is 0 Å². The van der Waals surface area contributed by atoms with Crippen molar-refractivity contribution in [3.63, 3.8) is 0 Å². The summed E-state index contributed by atoms with van der Waals surface area (Å²) < 4.78 is 16.1. The average molecular weight is 434 g/mol. The highest BCUT2D eigenvalue weighted by Gasteiger charge is 2.10. The minimum Gasteiger partial charge on any atom is -0.497 e. The molecule has 0 bridgehead atoms. The SMILES string of the molecule is COc1cc(OC)cc(C(=O)NCCC(=O)Nc2ccc(OCc3ccccc3)cc2)c1. The number of carbonyl (C=O) groups is 2. The summed E-state index contributed by atoms with van der Waals surface area (Å²) in [6.07, 6.45) is 0.138. The molecule has 0 saturated carbocycles. The van der Waals surface area contributed by atoms with Crippen LogP contribution in [0, 0.1) is 0 Å². The van der Waals surface area contributed by atoms with Crippen molar-refractivity contribution in [2.45, 2.75) is 13.0 Å². The number of ether oxygens (including phenoxy) is 3. The first-order valence-electron chi connectivity index (χ1n) is 10.2. The third-order valence-electron chi connectivity index (χ3n) is 4.64. The Morgan fingerprint density at radius 3 is 2.09 bits per heavy atom. The predicted molar refractivity (Wildman–Crippen MR) is 122 cm³/mol. The van der Waals surface area contributed by atoms with E-state index in [2.05, 4.69) is 10.6 Å². The number of hydrogen-bond acceptors (Lipinski definition) is 5. The molecule has 3 rings (SSSR count). The van der Waals surface area contributed by atoms with Crippen molar-refractivity contribution in [3.8, 4) is 17.2 Å². The lowest BCUT2D eigenvalue weighted by Gasteiger charge is -2.10. The van der Waals surface area contributed by atoms with Crippen LogP contribution in [0.2, 0.25) is 0 Å². The normalized spacial score (nSPS) is 10.2. The molecular weight excluding hydrogens is 408 g/mol. The summed E-state index contributed by atoms with van der Waals surface area (Å²) in [7, 11) is 3.03. The van der Waals surface area contributed by atoms with Crippen LogP contribution in [0.4, 0.5) is 5.69 Å². The van der Waals surface area contributed by atoms with Crippen molar-refractivity contribution >= 4 is 17.5 Å². The fraction of sp³-hybridized carbons (Fsp3) is 0.200. The van der Waals surface area contributed by atoms with Crippen molar-refractivity contribution in [1.29, 1.82) is 0 Å². The molecule has 0 saturated heterocycles. The Kier molecular flexibility index (Phi) is 8.09. The van der Waals surface area contributed by atoms with E-state index in [0.29, 0.717) is 35.1 Å². The molecule has 2 N–H and O–H groups in total. The Labute approximate surface area is 187 Å². The zero-order valence-electron chi connectivity index (χ0n) is 18.1. The number of amides is 2. The molecule has 0 atom stereocenters. The minimum atomic E-state index is -0.310. The Morgan fingerprint density at radius 1 is 0.812 bits per heavy atom. The van der Waals surface area contributed by atoms with Crippen LogP contribution in [0.3, 0.4) is 0 Å². The first-order chi connectivity index (χ1) is 15.6. The zero-order valence-corrected chi connectivity index (χ0v) is 18.1. The van der Waals surface area contributed by atoms with Gasteiger partial charge in [-0.1, -0.05) is 30.3 Å². The van der Waals surface area contributed by atoms with Gasteiger partial charge in [0.05, 0.1) is 14.2 Å². The lowest BCUT2D eigenvalue weighted by atomic mass is 10.2. The van der Waals surface area contributed by atoms with Gasteiger partial charge in [-0.15, -0.1) is 0 Å². The van der Waals surface area contributed by atoms with E-state index in [-0.39, 0.29) is 24.8 Å². The van der Waals surface area contributed by atoms with Crippen LogP contribution in [-0.4, -0.2) is 32.6 Å². The molecule has 0 aliphatic rings. The van der Waals surface area contributed by atoms with Crippen LogP contribution in [0.15, 0.2) is 72.8 Å². The van der Waals surface area contributed by atoms with E-state index in [4.69, 9.17) is 14.2 Å². The predicted octanol–water partition coefficient (Wildman–Crippen LogP) is 4.04. The first-order valence-corrected chi connectivity index (χ1v) is 10.2. The van der Waals surface area contributed by atoms with Crippen LogP contribution >= 0.6 is 0 Å².